The van der Waals surface area contributed by atoms with Crippen LogP contribution in [0.1, 0.15) is 0 Å². The van der Waals surface area contributed by atoms with E-state index in [1.807, 2.05) is 0 Å². The summed E-state index contributed by atoms with van der Waals surface area (Å²) in [5, 5.41) is 0. The van der Waals surface area contributed by atoms with Crippen LogP contribution >= 0.6 is 0 Å². The van der Waals surface area contributed by atoms with E-state index in [4.69, 9.17) is 5.73 Å². The highest BCUT2D eigenvalue weighted by Crippen LogP contribution is 2.18. The van der Waals surface area contributed by atoms with Crippen molar-refractivity contribution in [1.29, 1.82) is 0 Å². The van der Waals surface area contributed by atoms with Gasteiger partial charge in [-0.15, -0.1) is 0 Å². The van der Waals surface area contributed by atoms with Crippen molar-refractivity contribution in [3.05, 3.63) is 46.6 Å². The average Bonchev–Trinajstić information content (AvgIpc) is 2.23. The zero-order valence-electron chi connectivity index (χ0n) is 7.70. The monoisotopic (exact) mass is 205 g/mol. The maximum atomic E-state index is 13.3. The maximum Gasteiger partial charge on any atom is 0.290 e. The Labute approximate surface area is 84.6 Å². The number of benzene rings is 1. The minimum atomic E-state index is -0.518. The molecule has 1 aromatic carbocycles. The van der Waals surface area contributed by atoms with Gasteiger partial charge in [-0.05, 0) is 12.1 Å². The molecule has 0 aliphatic heterocycles. The van der Waals surface area contributed by atoms with Crippen LogP contribution < -0.4 is 11.3 Å². The number of nitrogens with two attached hydrogens (primary N) is 1. The van der Waals surface area contributed by atoms with Crippen LogP contribution in [0.15, 0.2) is 35.3 Å². The summed E-state index contributed by atoms with van der Waals surface area (Å²) >= 11 is 0. The summed E-state index contributed by atoms with van der Waals surface area (Å²) in [6.07, 6.45) is 1.33. The molecule has 15 heavy (non-hydrogen) atoms. The fourth-order valence-corrected chi connectivity index (χ4v) is 1.23. The molecule has 5 heteroatoms. The first kappa shape index (κ1) is 9.39. The van der Waals surface area contributed by atoms with Crippen molar-refractivity contribution in [3.8, 4) is 11.3 Å². The molecule has 2 rings (SSSR count). The van der Waals surface area contributed by atoms with Crippen LogP contribution in [0.5, 0.6) is 0 Å². The normalized spacial score (nSPS) is 10.2. The van der Waals surface area contributed by atoms with E-state index in [1.165, 1.54) is 12.3 Å². The SMILES string of the molecule is Nc1ncc(-c2ccccc2F)[nH]c1=O. The average molecular weight is 205 g/mol. The van der Waals surface area contributed by atoms with Crippen molar-refractivity contribution < 1.29 is 4.39 Å². The molecule has 0 bridgehead atoms. The number of hydrogen-bond donors (Lipinski definition) is 2. The first-order chi connectivity index (χ1) is 7.18. The Morgan fingerprint density at radius 2 is 2.07 bits per heavy atom. The third-order valence-corrected chi connectivity index (χ3v) is 1.98. The topological polar surface area (TPSA) is 71.8 Å². The largest absolute Gasteiger partial charge is 0.379 e. The molecule has 76 valence electrons. The van der Waals surface area contributed by atoms with Crippen molar-refractivity contribution in [2.75, 3.05) is 5.73 Å². The van der Waals surface area contributed by atoms with Crippen LogP contribution in [0.25, 0.3) is 11.3 Å². The minimum Gasteiger partial charge on any atom is -0.379 e. The van der Waals surface area contributed by atoms with E-state index >= 15 is 0 Å². The van der Waals surface area contributed by atoms with Crippen LogP contribution in [0.3, 0.4) is 0 Å². The number of hydrogen-bond acceptors (Lipinski definition) is 3. The molecule has 0 fully saturated rings. The van der Waals surface area contributed by atoms with Crippen molar-refractivity contribution in [2.24, 2.45) is 0 Å². The molecule has 1 aromatic heterocycles. The molecule has 0 unspecified atom stereocenters. The van der Waals surface area contributed by atoms with Gasteiger partial charge in [0.15, 0.2) is 5.82 Å². The number of anilines is 1. The van der Waals surface area contributed by atoms with E-state index in [2.05, 4.69) is 9.97 Å². The van der Waals surface area contributed by atoms with E-state index in [-0.39, 0.29) is 5.82 Å². The quantitative estimate of drug-likeness (QED) is 0.733. The van der Waals surface area contributed by atoms with Gasteiger partial charge in [0, 0.05) is 5.56 Å². The number of nitrogen functional groups attached to an aromatic ring is 1. The van der Waals surface area contributed by atoms with E-state index < -0.39 is 11.4 Å². The molecule has 0 radical (unpaired) electrons. The van der Waals surface area contributed by atoms with Crippen LogP contribution in [0.4, 0.5) is 10.2 Å². The molecule has 2 aromatic rings. The number of nitrogens with zero attached hydrogens (tertiary/aromatic N) is 1. The number of H-pyrrole nitrogens is 1. The van der Waals surface area contributed by atoms with Crippen molar-refractivity contribution in [2.45, 2.75) is 0 Å². The van der Waals surface area contributed by atoms with Crippen molar-refractivity contribution in [3.63, 3.8) is 0 Å². The summed E-state index contributed by atoms with van der Waals surface area (Å²) in [5.74, 6) is -0.546. The van der Waals surface area contributed by atoms with Gasteiger partial charge in [0.1, 0.15) is 5.82 Å². The number of halogens is 1. The zero-order chi connectivity index (χ0) is 10.8. The Morgan fingerprint density at radius 3 is 2.73 bits per heavy atom. The number of rotatable bonds is 1. The fourth-order valence-electron chi connectivity index (χ4n) is 1.23. The van der Waals surface area contributed by atoms with Gasteiger partial charge in [-0.2, -0.15) is 0 Å². The molecule has 0 amide bonds. The molecule has 0 spiro atoms. The summed E-state index contributed by atoms with van der Waals surface area (Å²) in [5.41, 5.74) is 5.34. The third kappa shape index (κ3) is 1.71. The number of nitrogens with one attached hydrogen (secondary N) is 1. The molecule has 4 nitrogen and oxygen atoms in total. The van der Waals surface area contributed by atoms with Gasteiger partial charge in [-0.1, -0.05) is 12.1 Å². The standard InChI is InChI=1S/C10H8FN3O/c11-7-4-2-1-3-6(7)8-5-13-9(12)10(15)14-8/h1-5H,(H2,12,13)(H,14,15). The van der Waals surface area contributed by atoms with Gasteiger partial charge in [-0.25, -0.2) is 9.37 Å². The van der Waals surface area contributed by atoms with Crippen LogP contribution in [0, 0.1) is 5.82 Å². The minimum absolute atomic E-state index is 0.130. The highest BCUT2D eigenvalue weighted by molar-refractivity contribution is 5.59. The molecule has 0 saturated carbocycles. The molecule has 3 N–H and O–H groups in total. The van der Waals surface area contributed by atoms with E-state index in [0.717, 1.165) is 0 Å². The van der Waals surface area contributed by atoms with Gasteiger partial charge in [0.2, 0.25) is 0 Å². The highest BCUT2D eigenvalue weighted by atomic mass is 19.1. The molecule has 0 atom stereocenters. The van der Waals surface area contributed by atoms with Crippen molar-refractivity contribution >= 4 is 5.82 Å². The molecule has 0 saturated heterocycles. The summed E-state index contributed by atoms with van der Waals surface area (Å²) in [4.78, 5) is 17.3. The van der Waals surface area contributed by atoms with Gasteiger partial charge in [0.05, 0.1) is 11.9 Å². The lowest BCUT2D eigenvalue weighted by molar-refractivity contribution is 0.630. The molecule has 0 aliphatic carbocycles. The first-order valence-electron chi connectivity index (χ1n) is 4.28. The van der Waals surface area contributed by atoms with Crippen LogP contribution in [0.2, 0.25) is 0 Å². The molecule has 1 heterocycles. The summed E-state index contributed by atoms with van der Waals surface area (Å²) in [6, 6.07) is 6.11. The predicted molar refractivity (Wildman–Crippen MR) is 54.7 cm³/mol. The second-order valence-corrected chi connectivity index (χ2v) is 2.99. The zero-order valence-corrected chi connectivity index (χ0v) is 7.70. The van der Waals surface area contributed by atoms with E-state index in [0.29, 0.717) is 11.3 Å². The second-order valence-electron chi connectivity index (χ2n) is 2.99. The first-order valence-corrected chi connectivity index (χ1v) is 4.28. The second kappa shape index (κ2) is 3.53. The summed E-state index contributed by atoms with van der Waals surface area (Å²) in [6.45, 7) is 0. The van der Waals surface area contributed by atoms with E-state index in [9.17, 15) is 9.18 Å². The van der Waals surface area contributed by atoms with Crippen LogP contribution in [-0.4, -0.2) is 9.97 Å². The van der Waals surface area contributed by atoms with Crippen molar-refractivity contribution in [1.82, 2.24) is 9.97 Å². The maximum absolute atomic E-state index is 13.3. The Balaban J connectivity index is 2.60. The van der Waals surface area contributed by atoms with Gasteiger partial charge in [-0.3, -0.25) is 4.79 Å². The summed E-state index contributed by atoms with van der Waals surface area (Å²) < 4.78 is 13.3. The lowest BCUT2D eigenvalue weighted by Gasteiger charge is -2.02. The predicted octanol–water partition coefficient (Wildman–Crippen LogP) is 1.16. The lowest BCUT2D eigenvalue weighted by Crippen LogP contribution is -2.14. The Morgan fingerprint density at radius 1 is 1.33 bits per heavy atom. The molecular weight excluding hydrogens is 197 g/mol. The fraction of sp³-hybridized carbons (Fsp3) is 0. The van der Waals surface area contributed by atoms with Gasteiger partial charge in [0.25, 0.3) is 5.56 Å². The van der Waals surface area contributed by atoms with Gasteiger partial charge >= 0.3 is 0 Å². The molecular formula is C10H8FN3O. The smallest absolute Gasteiger partial charge is 0.290 e. The Hall–Kier alpha value is -2.17. The van der Waals surface area contributed by atoms with Gasteiger partial charge < -0.3 is 10.7 Å². The third-order valence-electron chi connectivity index (χ3n) is 1.98. The Bertz CT molecular complexity index is 550. The lowest BCUT2D eigenvalue weighted by atomic mass is 10.1. The summed E-state index contributed by atoms with van der Waals surface area (Å²) in [7, 11) is 0. The number of aromatic nitrogens is 2. The highest BCUT2D eigenvalue weighted by Gasteiger charge is 2.05. The number of aromatic amines is 1. The molecule has 0 aliphatic rings. The van der Waals surface area contributed by atoms with E-state index in [1.54, 1.807) is 18.2 Å². The van der Waals surface area contributed by atoms with Crippen LogP contribution in [-0.2, 0) is 0 Å². The Kier molecular flexibility index (Phi) is 2.21.